The molecular formula is C11H15NO3S. The number of aryl methyl sites for hydroxylation is 1. The summed E-state index contributed by atoms with van der Waals surface area (Å²) in [5.41, 5.74) is 2.02. The number of ketones is 1. The Labute approximate surface area is 95.5 Å². The average molecular weight is 241 g/mol. The first-order chi connectivity index (χ1) is 7.33. The summed E-state index contributed by atoms with van der Waals surface area (Å²) in [6.07, 6.45) is 0.438. The van der Waals surface area contributed by atoms with E-state index in [1.165, 1.54) is 0 Å². The summed E-state index contributed by atoms with van der Waals surface area (Å²) in [5, 5.41) is 4.97. The quantitative estimate of drug-likeness (QED) is 0.809. The normalized spacial score (nSPS) is 11.4. The van der Waals surface area contributed by atoms with E-state index in [4.69, 9.17) is 5.14 Å². The molecule has 5 heteroatoms. The smallest absolute Gasteiger partial charge is 0.213 e. The zero-order valence-electron chi connectivity index (χ0n) is 9.36. The second-order valence-corrected chi connectivity index (χ2v) is 5.34. The highest BCUT2D eigenvalue weighted by molar-refractivity contribution is 7.88. The molecule has 0 aromatic heterocycles. The van der Waals surface area contributed by atoms with Crippen LogP contribution in [0.4, 0.5) is 0 Å². The van der Waals surface area contributed by atoms with Crippen LogP contribution in [0.25, 0.3) is 0 Å². The third kappa shape index (κ3) is 3.43. The number of carbonyl (C=O) groups is 1. The molecule has 4 nitrogen and oxygen atoms in total. The van der Waals surface area contributed by atoms with Crippen molar-refractivity contribution in [1.29, 1.82) is 0 Å². The molecule has 0 radical (unpaired) electrons. The first-order valence-corrected chi connectivity index (χ1v) is 6.68. The van der Waals surface area contributed by atoms with Crippen molar-refractivity contribution in [2.24, 2.45) is 5.14 Å². The average Bonchev–Trinajstić information content (AvgIpc) is 2.18. The Balaban J connectivity index is 3.05. The Kier molecular flexibility index (Phi) is 3.83. The van der Waals surface area contributed by atoms with Crippen LogP contribution in [0.3, 0.4) is 0 Å². The van der Waals surface area contributed by atoms with E-state index in [0.717, 1.165) is 5.56 Å². The van der Waals surface area contributed by atoms with Gasteiger partial charge in [0.1, 0.15) is 0 Å². The van der Waals surface area contributed by atoms with Crippen molar-refractivity contribution >= 4 is 15.8 Å². The molecule has 0 atom stereocenters. The Morgan fingerprint density at radius 3 is 2.44 bits per heavy atom. The van der Waals surface area contributed by atoms with Crippen molar-refractivity contribution in [2.75, 3.05) is 0 Å². The van der Waals surface area contributed by atoms with Gasteiger partial charge in [-0.1, -0.05) is 19.1 Å². The van der Waals surface area contributed by atoms with Crippen molar-refractivity contribution < 1.29 is 13.2 Å². The van der Waals surface area contributed by atoms with Gasteiger partial charge in [0.05, 0.1) is 5.75 Å². The van der Waals surface area contributed by atoms with Crippen molar-refractivity contribution in [3.63, 3.8) is 0 Å². The molecule has 0 aliphatic carbocycles. The number of hydrogen-bond acceptors (Lipinski definition) is 3. The van der Waals surface area contributed by atoms with Gasteiger partial charge in [0.2, 0.25) is 10.0 Å². The molecule has 0 saturated carbocycles. The molecule has 88 valence electrons. The van der Waals surface area contributed by atoms with Crippen molar-refractivity contribution in [3.05, 3.63) is 34.9 Å². The minimum Gasteiger partial charge on any atom is -0.294 e. The van der Waals surface area contributed by atoms with E-state index >= 15 is 0 Å². The summed E-state index contributed by atoms with van der Waals surface area (Å²) >= 11 is 0. The Morgan fingerprint density at radius 2 is 2.00 bits per heavy atom. The molecule has 1 aromatic rings. The molecule has 0 saturated heterocycles. The highest BCUT2D eigenvalue weighted by Crippen LogP contribution is 2.14. The lowest BCUT2D eigenvalue weighted by molar-refractivity contribution is 0.0988. The topological polar surface area (TPSA) is 77.2 Å². The molecule has 0 heterocycles. The number of sulfonamides is 1. The van der Waals surface area contributed by atoms with Crippen LogP contribution in [0.5, 0.6) is 0 Å². The molecule has 0 fully saturated rings. The summed E-state index contributed by atoms with van der Waals surface area (Å²) in [6.45, 7) is 3.56. The van der Waals surface area contributed by atoms with Gasteiger partial charge in [0.25, 0.3) is 0 Å². The fourth-order valence-corrected chi connectivity index (χ4v) is 2.21. The van der Waals surface area contributed by atoms with Gasteiger partial charge in [-0.2, -0.15) is 0 Å². The van der Waals surface area contributed by atoms with Gasteiger partial charge in [-0.25, -0.2) is 13.6 Å². The molecule has 0 amide bonds. The van der Waals surface area contributed by atoms with Crippen LogP contribution >= 0.6 is 0 Å². The monoisotopic (exact) mass is 241 g/mol. The van der Waals surface area contributed by atoms with E-state index in [9.17, 15) is 13.2 Å². The van der Waals surface area contributed by atoms with Gasteiger partial charge in [-0.3, -0.25) is 4.79 Å². The van der Waals surface area contributed by atoms with E-state index < -0.39 is 10.0 Å². The highest BCUT2D eigenvalue weighted by atomic mass is 32.2. The van der Waals surface area contributed by atoms with Crippen molar-refractivity contribution in [1.82, 2.24) is 0 Å². The van der Waals surface area contributed by atoms with Gasteiger partial charge < -0.3 is 0 Å². The first-order valence-electron chi connectivity index (χ1n) is 4.96. The minimum atomic E-state index is -3.52. The maximum atomic E-state index is 11.4. The van der Waals surface area contributed by atoms with Gasteiger partial charge in [0.15, 0.2) is 5.78 Å². The summed E-state index contributed by atoms with van der Waals surface area (Å²) in [4.78, 5) is 11.4. The van der Waals surface area contributed by atoms with E-state index in [-0.39, 0.29) is 11.5 Å². The molecule has 1 aromatic carbocycles. The fourth-order valence-electron chi connectivity index (χ4n) is 1.45. The number of rotatable bonds is 4. The largest absolute Gasteiger partial charge is 0.294 e. The third-order valence-corrected chi connectivity index (χ3v) is 3.06. The van der Waals surface area contributed by atoms with Gasteiger partial charge >= 0.3 is 0 Å². The summed E-state index contributed by atoms with van der Waals surface area (Å²) in [6, 6.07) is 4.98. The summed E-state index contributed by atoms with van der Waals surface area (Å²) < 4.78 is 21.9. The number of primary sulfonamides is 1. The fraction of sp³-hybridized carbons (Fsp3) is 0.364. The van der Waals surface area contributed by atoms with Crippen LogP contribution in [0.2, 0.25) is 0 Å². The predicted molar refractivity (Wildman–Crippen MR) is 62.6 cm³/mol. The number of nitrogens with two attached hydrogens (primary N) is 1. The second kappa shape index (κ2) is 4.76. The van der Waals surface area contributed by atoms with E-state index in [1.54, 1.807) is 32.0 Å². The highest BCUT2D eigenvalue weighted by Gasteiger charge is 2.10. The lowest BCUT2D eigenvalue weighted by atomic mass is 10.0. The second-order valence-electron chi connectivity index (χ2n) is 3.73. The summed E-state index contributed by atoms with van der Waals surface area (Å²) in [5.74, 6) is -0.148. The van der Waals surface area contributed by atoms with Crippen LogP contribution in [0.1, 0.15) is 34.8 Å². The predicted octanol–water partition coefficient (Wildman–Crippen LogP) is 1.38. The van der Waals surface area contributed by atoms with Crippen LogP contribution < -0.4 is 5.14 Å². The molecule has 0 aliphatic rings. The third-order valence-electron chi connectivity index (χ3n) is 2.34. The first kappa shape index (κ1) is 12.9. The molecule has 0 spiro atoms. The Morgan fingerprint density at radius 1 is 1.38 bits per heavy atom. The number of carbonyl (C=O) groups excluding carboxylic acids is 1. The van der Waals surface area contributed by atoms with Gasteiger partial charge in [-0.05, 0) is 24.1 Å². The van der Waals surface area contributed by atoms with E-state index in [2.05, 4.69) is 0 Å². The van der Waals surface area contributed by atoms with Crippen LogP contribution in [-0.2, 0) is 15.8 Å². The van der Waals surface area contributed by atoms with Crippen molar-refractivity contribution in [2.45, 2.75) is 26.0 Å². The molecule has 2 N–H and O–H groups in total. The molecule has 1 rings (SSSR count). The zero-order chi connectivity index (χ0) is 12.3. The van der Waals surface area contributed by atoms with Gasteiger partial charge in [-0.15, -0.1) is 0 Å². The van der Waals surface area contributed by atoms with Gasteiger partial charge in [0, 0.05) is 12.0 Å². The molecule has 0 aliphatic heterocycles. The summed E-state index contributed by atoms with van der Waals surface area (Å²) in [7, 11) is -3.52. The lowest BCUT2D eigenvalue weighted by Gasteiger charge is -2.06. The van der Waals surface area contributed by atoms with Crippen LogP contribution in [-0.4, -0.2) is 14.2 Å². The number of hydrogen-bond donors (Lipinski definition) is 1. The standard InChI is InChI=1S/C11H15NO3S/c1-3-11(13)9-4-5-10(8(2)6-9)7-16(12,14)15/h4-6H,3,7H2,1-2H3,(H2,12,14,15). The Hall–Kier alpha value is -1.20. The zero-order valence-corrected chi connectivity index (χ0v) is 10.2. The molecule has 0 unspecified atom stereocenters. The van der Waals surface area contributed by atoms with Crippen LogP contribution in [0, 0.1) is 6.92 Å². The Bertz CT molecular complexity index is 506. The maximum Gasteiger partial charge on any atom is 0.213 e. The molecule has 16 heavy (non-hydrogen) atoms. The molecular weight excluding hydrogens is 226 g/mol. The SMILES string of the molecule is CCC(=O)c1ccc(CS(N)(=O)=O)c(C)c1. The van der Waals surface area contributed by atoms with E-state index in [1.807, 2.05) is 0 Å². The lowest BCUT2D eigenvalue weighted by Crippen LogP contribution is -2.15. The minimum absolute atomic E-state index is 0.0465. The number of Topliss-reactive ketones (excluding diaryl/α,β-unsaturated/α-hetero) is 1. The molecule has 0 bridgehead atoms. The maximum absolute atomic E-state index is 11.4. The van der Waals surface area contributed by atoms with E-state index in [0.29, 0.717) is 17.5 Å². The van der Waals surface area contributed by atoms with Crippen molar-refractivity contribution in [3.8, 4) is 0 Å². The number of benzene rings is 1. The van der Waals surface area contributed by atoms with Crippen LogP contribution in [0.15, 0.2) is 18.2 Å².